The number of hydrogen-bond donors (Lipinski definition) is 1. The van der Waals surface area contributed by atoms with Gasteiger partial charge in [-0.3, -0.25) is 9.63 Å². The average Bonchev–Trinajstić information content (AvgIpc) is 1.62. The zero-order chi connectivity index (χ0) is 5.98. The van der Waals surface area contributed by atoms with Crippen molar-refractivity contribution < 1.29 is 14.4 Å². The van der Waals surface area contributed by atoms with Gasteiger partial charge in [-0.2, -0.15) is 5.48 Å². The lowest BCUT2D eigenvalue weighted by atomic mass is 10.3. The van der Waals surface area contributed by atoms with Crippen molar-refractivity contribution in [1.82, 2.24) is 5.48 Å². The van der Waals surface area contributed by atoms with E-state index in [1.165, 1.54) is 7.11 Å². The first-order valence-electron chi connectivity index (χ1n) is 2.29. The van der Waals surface area contributed by atoms with E-state index in [4.69, 9.17) is 0 Å². The van der Waals surface area contributed by atoms with E-state index in [0.717, 1.165) is 0 Å². The number of nitrogens with one attached hydrogen (secondary N) is 1. The Balaban J connectivity index is 2.24. The minimum atomic E-state index is -0.267. The largest absolute Gasteiger partial charge is 0.468 e. The van der Waals surface area contributed by atoms with E-state index in [0.29, 0.717) is 6.61 Å². The van der Waals surface area contributed by atoms with Crippen LogP contribution in [0.15, 0.2) is 0 Å². The van der Waals surface area contributed by atoms with E-state index in [9.17, 15) is 4.79 Å². The van der Waals surface area contributed by atoms with Gasteiger partial charge < -0.3 is 4.74 Å². The predicted octanol–water partition coefficient (Wildman–Crippen LogP) is -0.937. The minimum absolute atomic E-state index is 0.236. The summed E-state index contributed by atoms with van der Waals surface area (Å²) in [4.78, 5) is 14.9. The van der Waals surface area contributed by atoms with Crippen molar-refractivity contribution in [3.63, 3.8) is 0 Å². The highest BCUT2D eigenvalue weighted by Crippen LogP contribution is 1.96. The molecule has 0 aliphatic carbocycles. The van der Waals surface area contributed by atoms with Crippen molar-refractivity contribution in [2.75, 3.05) is 13.7 Å². The number of carbonyl (C=O) groups excluding carboxylic acids is 1. The van der Waals surface area contributed by atoms with Gasteiger partial charge in [-0.1, -0.05) is 0 Å². The molecule has 0 amide bonds. The lowest BCUT2D eigenvalue weighted by molar-refractivity contribution is -0.167. The number of carbonyl (C=O) groups is 1. The Morgan fingerprint density at radius 3 is 2.75 bits per heavy atom. The maximum absolute atomic E-state index is 10.4. The molecule has 1 unspecified atom stereocenters. The molecular formula is C4H7NO3. The quantitative estimate of drug-likeness (QED) is 0.450. The number of hydrogen-bond acceptors (Lipinski definition) is 4. The van der Waals surface area contributed by atoms with Crippen molar-refractivity contribution in [3.8, 4) is 0 Å². The summed E-state index contributed by atoms with van der Waals surface area (Å²) in [6.45, 7) is 0.423. The standard InChI is InChI=1S/C4H7NO3/c1-7-4(6)3-2-8-5-3/h3,5H,2H2,1H3. The fourth-order valence-corrected chi connectivity index (χ4v) is 0.425. The highest BCUT2D eigenvalue weighted by molar-refractivity contribution is 5.76. The van der Waals surface area contributed by atoms with Gasteiger partial charge in [-0.05, 0) is 0 Å². The van der Waals surface area contributed by atoms with Crippen LogP contribution in [-0.4, -0.2) is 25.7 Å². The molecule has 1 rings (SSSR count). The van der Waals surface area contributed by atoms with Crippen molar-refractivity contribution in [2.45, 2.75) is 6.04 Å². The van der Waals surface area contributed by atoms with E-state index in [-0.39, 0.29) is 12.0 Å². The van der Waals surface area contributed by atoms with Crippen LogP contribution in [0, 0.1) is 0 Å². The van der Waals surface area contributed by atoms with Gasteiger partial charge in [0.05, 0.1) is 13.7 Å². The Morgan fingerprint density at radius 2 is 2.62 bits per heavy atom. The van der Waals surface area contributed by atoms with Crippen LogP contribution in [0.4, 0.5) is 0 Å². The van der Waals surface area contributed by atoms with Crippen molar-refractivity contribution in [1.29, 1.82) is 0 Å². The molecule has 0 aromatic carbocycles. The first-order chi connectivity index (χ1) is 3.84. The zero-order valence-electron chi connectivity index (χ0n) is 4.51. The van der Waals surface area contributed by atoms with E-state index in [2.05, 4.69) is 15.1 Å². The fraction of sp³-hybridized carbons (Fsp3) is 0.750. The molecule has 0 saturated carbocycles. The summed E-state index contributed by atoms with van der Waals surface area (Å²) >= 11 is 0. The van der Waals surface area contributed by atoms with Crippen LogP contribution >= 0.6 is 0 Å². The molecule has 0 radical (unpaired) electrons. The molecule has 0 spiro atoms. The summed E-state index contributed by atoms with van der Waals surface area (Å²) in [5.74, 6) is -0.267. The number of esters is 1. The molecule has 0 aromatic heterocycles. The van der Waals surface area contributed by atoms with E-state index < -0.39 is 0 Å². The lowest BCUT2D eigenvalue weighted by Gasteiger charge is -2.23. The number of rotatable bonds is 1. The molecule has 4 heteroatoms. The van der Waals surface area contributed by atoms with Crippen molar-refractivity contribution >= 4 is 5.97 Å². The van der Waals surface area contributed by atoms with Crippen LogP contribution in [0.3, 0.4) is 0 Å². The van der Waals surface area contributed by atoms with Gasteiger partial charge in [0.2, 0.25) is 0 Å². The van der Waals surface area contributed by atoms with Crippen LogP contribution in [0.2, 0.25) is 0 Å². The maximum atomic E-state index is 10.4. The van der Waals surface area contributed by atoms with Crippen molar-refractivity contribution in [3.05, 3.63) is 0 Å². The highest BCUT2D eigenvalue weighted by Gasteiger charge is 2.26. The topological polar surface area (TPSA) is 47.6 Å². The Bertz CT molecular complexity index is 99.5. The second kappa shape index (κ2) is 2.11. The van der Waals surface area contributed by atoms with Gasteiger partial charge >= 0.3 is 5.97 Å². The Morgan fingerprint density at radius 1 is 2.00 bits per heavy atom. The monoisotopic (exact) mass is 117 g/mol. The van der Waals surface area contributed by atoms with Crippen LogP contribution < -0.4 is 5.48 Å². The molecule has 0 bridgehead atoms. The van der Waals surface area contributed by atoms with Gasteiger partial charge in [-0.25, -0.2) is 0 Å². The summed E-state index contributed by atoms with van der Waals surface area (Å²) in [7, 11) is 1.35. The van der Waals surface area contributed by atoms with Gasteiger partial charge in [-0.15, -0.1) is 0 Å². The molecule has 1 heterocycles. The highest BCUT2D eigenvalue weighted by atomic mass is 16.7. The zero-order valence-corrected chi connectivity index (χ0v) is 4.51. The Labute approximate surface area is 46.7 Å². The second-order valence-electron chi connectivity index (χ2n) is 1.50. The molecule has 1 atom stereocenters. The summed E-state index contributed by atoms with van der Waals surface area (Å²) in [6, 6.07) is -0.236. The van der Waals surface area contributed by atoms with Crippen LogP contribution in [0.5, 0.6) is 0 Å². The normalized spacial score (nSPS) is 26.4. The third-order valence-electron chi connectivity index (χ3n) is 0.961. The SMILES string of the molecule is COC(=O)C1CON1. The van der Waals surface area contributed by atoms with Gasteiger partial charge in [0.1, 0.15) is 0 Å². The third kappa shape index (κ3) is 0.801. The summed E-state index contributed by atoms with van der Waals surface area (Å²) in [6.07, 6.45) is 0. The number of hydroxylamine groups is 1. The van der Waals surface area contributed by atoms with E-state index >= 15 is 0 Å². The van der Waals surface area contributed by atoms with Crippen LogP contribution in [0.25, 0.3) is 0 Å². The molecule has 1 fully saturated rings. The summed E-state index contributed by atoms with van der Waals surface area (Å²) in [5, 5.41) is 0. The average molecular weight is 117 g/mol. The minimum Gasteiger partial charge on any atom is -0.468 e. The third-order valence-corrected chi connectivity index (χ3v) is 0.961. The van der Waals surface area contributed by atoms with E-state index in [1.807, 2.05) is 0 Å². The second-order valence-corrected chi connectivity index (χ2v) is 1.50. The Kier molecular flexibility index (Phi) is 1.45. The molecular weight excluding hydrogens is 110 g/mol. The molecule has 46 valence electrons. The molecule has 0 aromatic rings. The molecule has 8 heavy (non-hydrogen) atoms. The lowest BCUT2D eigenvalue weighted by Crippen LogP contribution is -2.51. The number of methoxy groups -OCH3 is 1. The molecule has 1 saturated heterocycles. The summed E-state index contributed by atoms with van der Waals surface area (Å²) in [5.41, 5.74) is 2.42. The van der Waals surface area contributed by atoms with Gasteiger partial charge in [0.25, 0.3) is 0 Å². The van der Waals surface area contributed by atoms with E-state index in [1.54, 1.807) is 0 Å². The Hall–Kier alpha value is -0.610. The first kappa shape index (κ1) is 5.53. The fourth-order valence-electron chi connectivity index (χ4n) is 0.425. The summed E-state index contributed by atoms with van der Waals surface area (Å²) < 4.78 is 4.37. The van der Waals surface area contributed by atoms with Crippen LogP contribution in [0.1, 0.15) is 0 Å². The smallest absolute Gasteiger partial charge is 0.327 e. The van der Waals surface area contributed by atoms with Crippen LogP contribution in [-0.2, 0) is 14.4 Å². The molecule has 4 nitrogen and oxygen atoms in total. The van der Waals surface area contributed by atoms with Crippen molar-refractivity contribution in [2.24, 2.45) is 0 Å². The number of ether oxygens (including phenoxy) is 1. The molecule has 1 N–H and O–H groups in total. The first-order valence-corrected chi connectivity index (χ1v) is 2.29. The van der Waals surface area contributed by atoms with Gasteiger partial charge in [0.15, 0.2) is 6.04 Å². The van der Waals surface area contributed by atoms with Gasteiger partial charge in [0, 0.05) is 0 Å². The molecule has 1 aliphatic rings. The maximum Gasteiger partial charge on any atom is 0.327 e. The molecule has 1 aliphatic heterocycles. The predicted molar refractivity (Wildman–Crippen MR) is 24.9 cm³/mol.